The summed E-state index contributed by atoms with van der Waals surface area (Å²) in [4.78, 5) is 18.0. The number of aliphatic hydroxyl groups is 7. The number of esters is 1. The van der Waals surface area contributed by atoms with Crippen LogP contribution in [0.3, 0.4) is 0 Å². The van der Waals surface area contributed by atoms with E-state index in [-0.39, 0.29) is 49.4 Å². The Balaban J connectivity index is 0.00000263. The third-order valence-corrected chi connectivity index (χ3v) is 12.5. The molecule has 19 atom stereocenters. The van der Waals surface area contributed by atoms with Gasteiger partial charge in [-0.1, -0.05) is 20.8 Å². The Morgan fingerprint density at radius 1 is 0.966 bits per heavy atom. The number of ether oxygens (including phenoxy) is 6. The number of hydrogen-bond acceptors (Lipinski definition) is 16. The van der Waals surface area contributed by atoms with Gasteiger partial charge in [-0.15, -0.1) is 0 Å². The normalized spacial score (nSPS) is 45.8. The van der Waals surface area contributed by atoms with Crippen LogP contribution in [0.25, 0.3) is 0 Å². The lowest BCUT2D eigenvalue weighted by atomic mass is 9.77. The van der Waals surface area contributed by atoms with Gasteiger partial charge in [0.15, 0.2) is 12.6 Å². The van der Waals surface area contributed by atoms with Gasteiger partial charge in [-0.05, 0) is 102 Å². The highest BCUT2D eigenvalue weighted by atomic mass is 16.7. The molecule has 0 saturated carbocycles. The maximum atomic E-state index is 14.2. The molecule has 9 N–H and O–H groups in total. The molecule has 58 heavy (non-hydrogen) atoms. The highest BCUT2D eigenvalue weighted by Crippen LogP contribution is 2.40. The zero-order valence-corrected chi connectivity index (χ0v) is 37.9. The van der Waals surface area contributed by atoms with Crippen LogP contribution in [0.1, 0.15) is 102 Å². The van der Waals surface area contributed by atoms with E-state index < -0.39 is 102 Å². The predicted molar refractivity (Wildman–Crippen MR) is 217 cm³/mol. The van der Waals surface area contributed by atoms with Gasteiger partial charge in [0.05, 0.1) is 54.2 Å². The number of nitrogens with zero attached hydrogens (tertiary/aromatic N) is 2. The standard InChI is InChI=1S/C38H72N2O12.C3H8O2.H2O/c1-15-27-38(10,46)31(42)24(6)40(13)19-20(2)17-36(8,45)33(52-35-29(41)26(39(11)12)16-21(3)48-35)22(4)30(23(5)34(44)50-27)51-28-18-37(9,47-14)32(43)25(7)49-28;1-3(5)2-4;/h20-33,35,41-43,45-46H,15-19H2,1-14H3;3-5H,2H2,1H3;1H2/t20-,21-,22+,23-,24-,25+,26+,27-,28+,29-,30+,31-,32+,33-,35+,36-,37-,38-;;/m1../s1. The number of cyclic esters (lactones) is 1. The van der Waals surface area contributed by atoms with Crippen LogP contribution in [0.4, 0.5) is 0 Å². The van der Waals surface area contributed by atoms with Gasteiger partial charge in [-0.25, -0.2) is 0 Å². The van der Waals surface area contributed by atoms with E-state index in [1.54, 1.807) is 41.5 Å². The predicted octanol–water partition coefficient (Wildman–Crippen LogP) is 0.436. The summed E-state index contributed by atoms with van der Waals surface area (Å²) in [6, 6.07) is -0.808. The number of likely N-dealkylation sites (N-methyl/N-ethyl adjacent to an activating group) is 2. The minimum atomic E-state index is -1.80. The topological polar surface area (TPSA) is 252 Å². The number of aliphatic hydroxyl groups excluding tert-OH is 5. The van der Waals surface area contributed by atoms with E-state index in [0.717, 1.165) is 0 Å². The number of carbonyl (C=O) groups is 1. The van der Waals surface area contributed by atoms with Crippen molar-refractivity contribution in [3.63, 3.8) is 0 Å². The summed E-state index contributed by atoms with van der Waals surface area (Å²) in [6.07, 6.45) is -8.75. The monoisotopic (exact) mass is 843 g/mol. The first kappa shape index (κ1) is 54.9. The summed E-state index contributed by atoms with van der Waals surface area (Å²) < 4.78 is 37.5. The largest absolute Gasteiger partial charge is 0.459 e. The molecule has 0 amide bonds. The summed E-state index contributed by atoms with van der Waals surface area (Å²) in [7, 11) is 7.12. The molecule has 3 fully saturated rings. The van der Waals surface area contributed by atoms with Gasteiger partial charge < -0.3 is 79.4 Å². The van der Waals surface area contributed by atoms with Crippen LogP contribution in [-0.4, -0.2) is 195 Å². The van der Waals surface area contributed by atoms with Gasteiger partial charge >= 0.3 is 5.97 Å². The molecule has 0 aliphatic carbocycles. The molecule has 0 radical (unpaired) electrons. The molecule has 0 aromatic carbocycles. The van der Waals surface area contributed by atoms with E-state index in [2.05, 4.69) is 0 Å². The average Bonchev–Trinajstić information content (AvgIpc) is 3.12. The zero-order chi connectivity index (χ0) is 44.0. The van der Waals surface area contributed by atoms with Crippen molar-refractivity contribution in [2.45, 2.75) is 198 Å². The van der Waals surface area contributed by atoms with Gasteiger partial charge in [-0.3, -0.25) is 4.79 Å². The summed E-state index contributed by atoms with van der Waals surface area (Å²) in [6.45, 7) is 19.4. The molecule has 3 aliphatic heterocycles. The molecule has 0 bridgehead atoms. The van der Waals surface area contributed by atoms with E-state index in [1.165, 1.54) is 21.0 Å². The fraction of sp³-hybridized carbons (Fsp3) is 0.976. The maximum absolute atomic E-state index is 14.2. The molecule has 1 unspecified atom stereocenters. The second-order valence-electron chi connectivity index (χ2n) is 18.2. The maximum Gasteiger partial charge on any atom is 0.311 e. The second-order valence-corrected chi connectivity index (χ2v) is 18.2. The van der Waals surface area contributed by atoms with Crippen LogP contribution in [0.2, 0.25) is 0 Å². The Hall–Kier alpha value is -1.13. The highest BCUT2D eigenvalue weighted by Gasteiger charge is 2.52. The molecule has 3 rings (SSSR count). The fourth-order valence-corrected chi connectivity index (χ4v) is 8.74. The molecule has 346 valence electrons. The van der Waals surface area contributed by atoms with E-state index in [0.29, 0.717) is 13.0 Å². The number of carbonyl (C=O) groups excluding carboxylic acids is 1. The minimum Gasteiger partial charge on any atom is -0.459 e. The first-order valence-corrected chi connectivity index (χ1v) is 20.7. The van der Waals surface area contributed by atoms with E-state index in [4.69, 9.17) is 38.6 Å². The molecule has 3 heterocycles. The Bertz CT molecular complexity index is 1210. The smallest absolute Gasteiger partial charge is 0.311 e. The van der Waals surface area contributed by atoms with Gasteiger partial charge in [-0.2, -0.15) is 0 Å². The molecule has 0 aromatic heterocycles. The number of hydrogen-bond donors (Lipinski definition) is 7. The van der Waals surface area contributed by atoms with Crippen LogP contribution in [0.5, 0.6) is 0 Å². The van der Waals surface area contributed by atoms with Crippen molar-refractivity contribution in [2.24, 2.45) is 17.8 Å². The lowest BCUT2D eigenvalue weighted by molar-refractivity contribution is -0.318. The third-order valence-electron chi connectivity index (χ3n) is 12.5. The van der Waals surface area contributed by atoms with Gasteiger partial charge in [0.1, 0.15) is 30.0 Å². The minimum absolute atomic E-state index is 0. The molecule has 3 saturated heterocycles. The molecule has 0 aromatic rings. The van der Waals surface area contributed by atoms with Crippen molar-refractivity contribution in [1.29, 1.82) is 0 Å². The van der Waals surface area contributed by atoms with Crippen LogP contribution in [-0.2, 0) is 33.2 Å². The summed E-state index contributed by atoms with van der Waals surface area (Å²) >= 11 is 0. The van der Waals surface area contributed by atoms with E-state index >= 15 is 0 Å². The van der Waals surface area contributed by atoms with Crippen LogP contribution in [0, 0.1) is 17.8 Å². The van der Waals surface area contributed by atoms with Crippen molar-refractivity contribution in [1.82, 2.24) is 9.80 Å². The molecule has 17 nitrogen and oxygen atoms in total. The summed E-state index contributed by atoms with van der Waals surface area (Å²) in [5, 5.41) is 74.1. The quantitative estimate of drug-likeness (QED) is 0.164. The van der Waals surface area contributed by atoms with Crippen LogP contribution >= 0.6 is 0 Å². The lowest BCUT2D eigenvalue weighted by Crippen LogP contribution is -2.60. The van der Waals surface area contributed by atoms with E-state index in [1.807, 2.05) is 51.7 Å². The summed E-state index contributed by atoms with van der Waals surface area (Å²) in [5.74, 6) is -2.58. The first-order valence-electron chi connectivity index (χ1n) is 20.7. The SMILES string of the molecule is CC(O)CO.CC[C@H]1OC(=O)[C@H](C)[C@@H](O[C@H]2C[C@@](C)(OC)[C@@H](O)[C@H](C)O2)[C@H](C)[C@@H](O[C@@H]2O[C@H](C)C[C@H](N(C)C)[C@H]2O)[C@](C)(O)C[C@@H](C)CN(C)[C@H](C)[C@@H](O)[C@]1(C)O.O. The van der Waals surface area contributed by atoms with Crippen LogP contribution < -0.4 is 0 Å². The van der Waals surface area contributed by atoms with Gasteiger partial charge in [0.25, 0.3) is 0 Å². The van der Waals surface area contributed by atoms with Crippen molar-refractivity contribution in [2.75, 3.05) is 41.4 Å². The number of rotatable bonds is 8. The first-order chi connectivity index (χ1) is 26.2. The van der Waals surface area contributed by atoms with Gasteiger partial charge in [0.2, 0.25) is 0 Å². The lowest BCUT2D eigenvalue weighted by Gasteiger charge is -2.48. The van der Waals surface area contributed by atoms with Crippen LogP contribution in [0.15, 0.2) is 0 Å². The second kappa shape index (κ2) is 22.8. The average molecular weight is 843 g/mol. The molecular weight excluding hydrogens is 760 g/mol. The van der Waals surface area contributed by atoms with Crippen molar-refractivity contribution < 1.29 is 74.4 Å². The third kappa shape index (κ3) is 13.7. The van der Waals surface area contributed by atoms with Crippen molar-refractivity contribution in [3.8, 4) is 0 Å². The molecular formula is C41H82N2O15. The molecule has 0 spiro atoms. The molecule has 17 heteroatoms. The Morgan fingerprint density at radius 3 is 2.03 bits per heavy atom. The molecule has 3 aliphatic rings. The van der Waals surface area contributed by atoms with E-state index in [9.17, 15) is 30.3 Å². The Kier molecular flexibility index (Phi) is 21.6. The Labute approximate surface area is 347 Å². The van der Waals surface area contributed by atoms with Crippen molar-refractivity contribution >= 4 is 5.97 Å². The number of methoxy groups -OCH3 is 1. The highest BCUT2D eigenvalue weighted by molar-refractivity contribution is 5.73. The van der Waals surface area contributed by atoms with Crippen molar-refractivity contribution in [3.05, 3.63) is 0 Å². The summed E-state index contributed by atoms with van der Waals surface area (Å²) in [5.41, 5.74) is -4.37. The Morgan fingerprint density at radius 2 is 1.53 bits per heavy atom. The fourth-order valence-electron chi connectivity index (χ4n) is 8.74. The zero-order valence-electron chi connectivity index (χ0n) is 37.9. The van der Waals surface area contributed by atoms with Gasteiger partial charge in [0, 0.05) is 38.1 Å².